The highest BCUT2D eigenvalue weighted by molar-refractivity contribution is 5.73. The lowest BCUT2D eigenvalue weighted by molar-refractivity contribution is -0.119. The minimum Gasteiger partial charge on any atom is -0.394 e. The van der Waals surface area contributed by atoms with Gasteiger partial charge >= 0.3 is 0 Å². The molecule has 0 aromatic heterocycles. The molecule has 0 radical (unpaired) electrons. The van der Waals surface area contributed by atoms with Crippen molar-refractivity contribution in [3.05, 3.63) is 12.7 Å². The molecular formula is C6H11NO2. The van der Waals surface area contributed by atoms with Crippen molar-refractivity contribution < 1.29 is 9.90 Å². The zero-order valence-corrected chi connectivity index (χ0v) is 5.42. The van der Waals surface area contributed by atoms with E-state index in [9.17, 15) is 4.79 Å². The van der Waals surface area contributed by atoms with Crippen molar-refractivity contribution in [2.24, 2.45) is 0 Å². The van der Waals surface area contributed by atoms with E-state index in [1.807, 2.05) is 0 Å². The van der Waals surface area contributed by atoms with Gasteiger partial charge in [0.25, 0.3) is 0 Å². The van der Waals surface area contributed by atoms with Gasteiger partial charge in [0.2, 0.25) is 5.91 Å². The van der Waals surface area contributed by atoms with Crippen LogP contribution < -0.4 is 5.32 Å². The zero-order valence-electron chi connectivity index (χ0n) is 5.42. The molecule has 0 fully saturated rings. The van der Waals surface area contributed by atoms with Gasteiger partial charge in [-0.3, -0.25) is 4.79 Å². The average Bonchev–Trinajstić information content (AvgIpc) is 1.82. The van der Waals surface area contributed by atoms with Crippen LogP contribution in [-0.2, 0) is 4.79 Å². The van der Waals surface area contributed by atoms with Gasteiger partial charge in [0.15, 0.2) is 0 Å². The molecule has 0 spiro atoms. The van der Waals surface area contributed by atoms with Crippen molar-refractivity contribution in [1.29, 1.82) is 0 Å². The predicted molar refractivity (Wildman–Crippen MR) is 34.9 cm³/mol. The van der Waals surface area contributed by atoms with Crippen LogP contribution in [0.25, 0.3) is 0 Å². The molecule has 0 aromatic carbocycles. The third kappa shape index (κ3) is 3.73. The highest BCUT2D eigenvalue weighted by Crippen LogP contribution is 1.80. The second-order valence-corrected chi connectivity index (χ2v) is 1.73. The molecule has 0 rings (SSSR count). The molecule has 2 N–H and O–H groups in total. The topological polar surface area (TPSA) is 49.3 Å². The number of hydrogen-bond donors (Lipinski definition) is 2. The van der Waals surface area contributed by atoms with Crippen LogP contribution in [0.2, 0.25) is 0 Å². The standard InChI is InChI=1S/C6H11NO2/c1-3-6(4-8)7-5(2)9/h3,6,8H,1,4H2,2H3,(H,7,9). The summed E-state index contributed by atoms with van der Waals surface area (Å²) in [5, 5.41) is 11.0. The van der Waals surface area contributed by atoms with Crippen LogP contribution in [0.15, 0.2) is 12.7 Å². The van der Waals surface area contributed by atoms with Crippen LogP contribution >= 0.6 is 0 Å². The van der Waals surface area contributed by atoms with Gasteiger partial charge in [0.1, 0.15) is 0 Å². The van der Waals surface area contributed by atoms with Crippen LogP contribution in [0.1, 0.15) is 6.92 Å². The number of carbonyl (C=O) groups is 1. The van der Waals surface area contributed by atoms with Crippen molar-refractivity contribution in [3.8, 4) is 0 Å². The van der Waals surface area contributed by atoms with Gasteiger partial charge in [-0.15, -0.1) is 6.58 Å². The van der Waals surface area contributed by atoms with Crippen molar-refractivity contribution >= 4 is 5.91 Å². The lowest BCUT2D eigenvalue weighted by Gasteiger charge is -2.07. The average molecular weight is 129 g/mol. The van der Waals surface area contributed by atoms with E-state index in [-0.39, 0.29) is 18.6 Å². The maximum atomic E-state index is 10.3. The van der Waals surface area contributed by atoms with Gasteiger partial charge in [-0.25, -0.2) is 0 Å². The molecular weight excluding hydrogens is 118 g/mol. The number of hydrogen-bond acceptors (Lipinski definition) is 2. The van der Waals surface area contributed by atoms with Crippen LogP contribution in [-0.4, -0.2) is 23.7 Å². The van der Waals surface area contributed by atoms with E-state index in [1.54, 1.807) is 0 Å². The first kappa shape index (κ1) is 8.17. The second kappa shape index (κ2) is 4.09. The molecule has 0 aliphatic rings. The summed E-state index contributed by atoms with van der Waals surface area (Å²) in [6.45, 7) is 4.71. The fourth-order valence-corrected chi connectivity index (χ4v) is 0.440. The molecule has 1 unspecified atom stereocenters. The molecule has 0 aliphatic heterocycles. The fourth-order valence-electron chi connectivity index (χ4n) is 0.440. The summed E-state index contributed by atoms with van der Waals surface area (Å²) in [4.78, 5) is 10.3. The molecule has 0 saturated heterocycles. The third-order valence-electron chi connectivity index (χ3n) is 0.870. The number of carbonyl (C=O) groups excluding carboxylic acids is 1. The summed E-state index contributed by atoms with van der Waals surface area (Å²) in [7, 11) is 0. The maximum Gasteiger partial charge on any atom is 0.217 e. The highest BCUT2D eigenvalue weighted by atomic mass is 16.3. The summed E-state index contributed by atoms with van der Waals surface area (Å²) < 4.78 is 0. The quantitative estimate of drug-likeness (QED) is 0.512. The molecule has 0 saturated carbocycles. The lowest BCUT2D eigenvalue weighted by atomic mass is 10.3. The van der Waals surface area contributed by atoms with Gasteiger partial charge in [0.05, 0.1) is 12.6 Å². The van der Waals surface area contributed by atoms with E-state index >= 15 is 0 Å². The van der Waals surface area contributed by atoms with Crippen molar-refractivity contribution in [3.63, 3.8) is 0 Å². The first-order valence-corrected chi connectivity index (χ1v) is 2.71. The van der Waals surface area contributed by atoms with Crippen LogP contribution in [0.5, 0.6) is 0 Å². The Morgan fingerprint density at radius 2 is 2.56 bits per heavy atom. The van der Waals surface area contributed by atoms with E-state index in [0.29, 0.717) is 0 Å². The first-order valence-electron chi connectivity index (χ1n) is 2.71. The van der Waals surface area contributed by atoms with E-state index in [2.05, 4.69) is 11.9 Å². The van der Waals surface area contributed by atoms with Crippen LogP contribution in [0, 0.1) is 0 Å². The smallest absolute Gasteiger partial charge is 0.217 e. The predicted octanol–water partition coefficient (Wildman–Crippen LogP) is -0.331. The Bertz CT molecular complexity index is 112. The molecule has 1 amide bonds. The largest absolute Gasteiger partial charge is 0.394 e. The Kier molecular flexibility index (Phi) is 3.71. The minimum absolute atomic E-state index is 0.0942. The molecule has 1 atom stereocenters. The fraction of sp³-hybridized carbons (Fsp3) is 0.500. The number of aliphatic hydroxyl groups is 1. The molecule has 3 nitrogen and oxygen atoms in total. The molecule has 0 aromatic rings. The van der Waals surface area contributed by atoms with E-state index < -0.39 is 0 Å². The van der Waals surface area contributed by atoms with Gasteiger partial charge < -0.3 is 10.4 Å². The maximum absolute atomic E-state index is 10.3. The summed E-state index contributed by atoms with van der Waals surface area (Å²) in [6.07, 6.45) is 1.49. The van der Waals surface area contributed by atoms with E-state index in [1.165, 1.54) is 13.0 Å². The van der Waals surface area contributed by atoms with Crippen LogP contribution in [0.4, 0.5) is 0 Å². The Balaban J connectivity index is 3.55. The Morgan fingerprint density at radius 3 is 2.67 bits per heavy atom. The first-order chi connectivity index (χ1) is 4.20. The molecule has 0 heterocycles. The molecule has 3 heteroatoms. The number of rotatable bonds is 3. The van der Waals surface area contributed by atoms with Gasteiger partial charge in [-0.2, -0.15) is 0 Å². The normalized spacial score (nSPS) is 12.2. The van der Waals surface area contributed by atoms with Crippen LogP contribution in [0.3, 0.4) is 0 Å². The summed E-state index contributed by atoms with van der Waals surface area (Å²) >= 11 is 0. The third-order valence-corrected chi connectivity index (χ3v) is 0.870. The SMILES string of the molecule is C=CC(CO)NC(C)=O. The summed E-state index contributed by atoms with van der Waals surface area (Å²) in [5.41, 5.74) is 0. The second-order valence-electron chi connectivity index (χ2n) is 1.73. The van der Waals surface area contributed by atoms with Crippen molar-refractivity contribution in [1.82, 2.24) is 5.32 Å². The molecule has 9 heavy (non-hydrogen) atoms. The van der Waals surface area contributed by atoms with Gasteiger partial charge in [-0.05, 0) is 0 Å². The van der Waals surface area contributed by atoms with E-state index in [4.69, 9.17) is 5.11 Å². The Labute approximate surface area is 54.4 Å². The van der Waals surface area contributed by atoms with E-state index in [0.717, 1.165) is 0 Å². The van der Waals surface area contributed by atoms with Crippen molar-refractivity contribution in [2.75, 3.05) is 6.61 Å². The zero-order chi connectivity index (χ0) is 7.28. The van der Waals surface area contributed by atoms with Gasteiger partial charge in [0, 0.05) is 6.92 Å². The Hall–Kier alpha value is -0.830. The lowest BCUT2D eigenvalue weighted by Crippen LogP contribution is -2.33. The molecule has 0 bridgehead atoms. The molecule has 52 valence electrons. The number of aliphatic hydroxyl groups excluding tert-OH is 1. The monoisotopic (exact) mass is 129 g/mol. The number of amides is 1. The molecule has 0 aliphatic carbocycles. The summed E-state index contributed by atoms with van der Waals surface area (Å²) in [6, 6.07) is -0.303. The highest BCUT2D eigenvalue weighted by Gasteiger charge is 2.00. The summed E-state index contributed by atoms with van der Waals surface area (Å²) in [5.74, 6) is -0.158. The van der Waals surface area contributed by atoms with Gasteiger partial charge in [-0.1, -0.05) is 6.08 Å². The van der Waals surface area contributed by atoms with Crippen molar-refractivity contribution in [2.45, 2.75) is 13.0 Å². The minimum atomic E-state index is -0.303. The number of nitrogens with one attached hydrogen (secondary N) is 1. The Morgan fingerprint density at radius 1 is 2.00 bits per heavy atom.